The van der Waals surface area contributed by atoms with Crippen LogP contribution in [0.3, 0.4) is 0 Å². The van der Waals surface area contributed by atoms with Crippen LogP contribution < -0.4 is 9.47 Å². The molecule has 2 aliphatic heterocycles. The van der Waals surface area contributed by atoms with Gasteiger partial charge in [0.2, 0.25) is 11.8 Å². The number of hydrogen-bond acceptors (Lipinski definition) is 6. The number of ether oxygens (including phenoxy) is 3. The number of piperazine rings is 1. The van der Waals surface area contributed by atoms with E-state index in [0.717, 1.165) is 16.7 Å². The number of fused-ring (bicyclic) bond motifs is 2. The molecular formula is C27H32N2O6. The smallest absolute Gasteiger partial charge is 0.328 e. The zero-order valence-corrected chi connectivity index (χ0v) is 20.7. The van der Waals surface area contributed by atoms with Crippen molar-refractivity contribution in [2.75, 3.05) is 20.8 Å². The Hall–Kier alpha value is -3.55. The summed E-state index contributed by atoms with van der Waals surface area (Å²) in [6.45, 7) is 3.93. The molecule has 3 atom stereocenters. The van der Waals surface area contributed by atoms with Crippen LogP contribution in [0.4, 0.5) is 0 Å². The quantitative estimate of drug-likeness (QED) is 0.540. The summed E-state index contributed by atoms with van der Waals surface area (Å²) >= 11 is 0. The largest absolute Gasteiger partial charge is 0.493 e. The van der Waals surface area contributed by atoms with Crippen molar-refractivity contribution in [3.8, 4) is 11.5 Å². The first kappa shape index (κ1) is 24.6. The predicted molar refractivity (Wildman–Crippen MR) is 129 cm³/mol. The van der Waals surface area contributed by atoms with E-state index in [1.165, 1.54) is 4.90 Å². The summed E-state index contributed by atoms with van der Waals surface area (Å²) in [7, 11) is 3.13. The van der Waals surface area contributed by atoms with Gasteiger partial charge in [-0.3, -0.25) is 9.59 Å². The van der Waals surface area contributed by atoms with Gasteiger partial charge in [0, 0.05) is 13.0 Å². The summed E-state index contributed by atoms with van der Waals surface area (Å²) < 4.78 is 16.2. The van der Waals surface area contributed by atoms with Crippen LogP contribution in [0.15, 0.2) is 42.5 Å². The van der Waals surface area contributed by atoms with E-state index < -0.39 is 24.1 Å². The first-order chi connectivity index (χ1) is 16.9. The third kappa shape index (κ3) is 4.70. The Balaban J connectivity index is 1.64. The van der Waals surface area contributed by atoms with E-state index in [4.69, 9.17) is 14.2 Å². The number of hydrogen-bond donors (Lipinski definition) is 0. The second-order valence-corrected chi connectivity index (χ2v) is 8.88. The second-order valence-electron chi connectivity index (χ2n) is 8.88. The number of nitrogens with zero attached hydrogens (tertiary/aromatic N) is 2. The van der Waals surface area contributed by atoms with Crippen molar-refractivity contribution < 1.29 is 28.6 Å². The van der Waals surface area contributed by atoms with Crippen molar-refractivity contribution in [3.63, 3.8) is 0 Å². The molecular weight excluding hydrogens is 448 g/mol. The minimum Gasteiger partial charge on any atom is -0.493 e. The van der Waals surface area contributed by atoms with Crippen LogP contribution in [0.2, 0.25) is 0 Å². The Labute approximate surface area is 205 Å². The molecule has 0 bridgehead atoms. The highest BCUT2D eigenvalue weighted by Gasteiger charge is 2.49. The van der Waals surface area contributed by atoms with Crippen LogP contribution >= 0.6 is 0 Å². The van der Waals surface area contributed by atoms with Gasteiger partial charge in [0.1, 0.15) is 18.1 Å². The maximum absolute atomic E-state index is 13.8. The van der Waals surface area contributed by atoms with Crippen LogP contribution in [-0.4, -0.2) is 66.5 Å². The Morgan fingerprint density at radius 1 is 1.03 bits per heavy atom. The summed E-state index contributed by atoms with van der Waals surface area (Å²) in [5.74, 6) is 0.269. The monoisotopic (exact) mass is 480 g/mol. The van der Waals surface area contributed by atoms with Crippen molar-refractivity contribution >= 4 is 17.8 Å². The third-order valence-electron chi connectivity index (χ3n) is 6.88. The molecule has 2 amide bonds. The van der Waals surface area contributed by atoms with E-state index in [1.54, 1.807) is 33.0 Å². The fourth-order valence-electron chi connectivity index (χ4n) is 5.07. The first-order valence-corrected chi connectivity index (χ1v) is 12.0. The van der Waals surface area contributed by atoms with E-state index in [9.17, 15) is 14.4 Å². The zero-order chi connectivity index (χ0) is 25.1. The Morgan fingerprint density at radius 3 is 2.31 bits per heavy atom. The van der Waals surface area contributed by atoms with Gasteiger partial charge in [-0.15, -0.1) is 0 Å². The molecule has 2 aromatic rings. The van der Waals surface area contributed by atoms with Crippen molar-refractivity contribution in [2.45, 2.75) is 57.8 Å². The Bertz CT molecular complexity index is 1100. The highest BCUT2D eigenvalue weighted by Crippen LogP contribution is 2.37. The third-order valence-corrected chi connectivity index (χ3v) is 6.88. The molecule has 0 aliphatic carbocycles. The number of rotatable bonds is 8. The van der Waals surface area contributed by atoms with Crippen LogP contribution in [0, 0.1) is 0 Å². The molecule has 1 saturated heterocycles. The van der Waals surface area contributed by atoms with Gasteiger partial charge in [0.15, 0.2) is 11.5 Å². The fourth-order valence-corrected chi connectivity index (χ4v) is 5.07. The van der Waals surface area contributed by atoms with Crippen LogP contribution in [-0.2, 0) is 38.5 Å². The molecule has 0 unspecified atom stereocenters. The summed E-state index contributed by atoms with van der Waals surface area (Å²) in [6, 6.07) is 11.2. The molecule has 2 aliphatic rings. The van der Waals surface area contributed by atoms with Crippen molar-refractivity contribution in [1.82, 2.24) is 9.80 Å². The normalized spacial score (nSPS) is 20.1. The lowest BCUT2D eigenvalue weighted by Gasteiger charge is -2.48. The fraction of sp³-hybridized carbons (Fsp3) is 0.444. The molecule has 2 aromatic carbocycles. The van der Waals surface area contributed by atoms with Crippen molar-refractivity contribution in [1.29, 1.82) is 0 Å². The van der Waals surface area contributed by atoms with Gasteiger partial charge in [-0.2, -0.15) is 0 Å². The molecule has 0 radical (unpaired) electrons. The van der Waals surface area contributed by atoms with Gasteiger partial charge >= 0.3 is 5.97 Å². The van der Waals surface area contributed by atoms with Gasteiger partial charge in [-0.05, 0) is 55.5 Å². The topological polar surface area (TPSA) is 85.4 Å². The Morgan fingerprint density at radius 2 is 1.69 bits per heavy atom. The lowest BCUT2D eigenvalue weighted by molar-refractivity contribution is -0.171. The molecule has 35 heavy (non-hydrogen) atoms. The van der Waals surface area contributed by atoms with Crippen molar-refractivity contribution in [3.05, 3.63) is 59.2 Å². The molecule has 0 aromatic heterocycles. The van der Waals surface area contributed by atoms with Crippen LogP contribution in [0.5, 0.6) is 11.5 Å². The first-order valence-electron chi connectivity index (χ1n) is 12.0. The maximum Gasteiger partial charge on any atom is 0.328 e. The molecule has 0 saturated carbocycles. The van der Waals surface area contributed by atoms with Gasteiger partial charge in [-0.1, -0.05) is 30.3 Å². The lowest BCUT2D eigenvalue weighted by Crippen LogP contribution is -2.68. The van der Waals surface area contributed by atoms with Crippen LogP contribution in [0.1, 0.15) is 37.0 Å². The number of carbonyl (C=O) groups excluding carboxylic acids is 3. The minimum atomic E-state index is -0.837. The standard InChI is InChI=1S/C27H32N2O6/c1-5-35-27(32)21(12-11-18-9-7-6-8-10-18)29-17(2)25(30)28-16-20-15-24(34-4)23(33-3)14-19(20)13-22(28)26(29)31/h6-10,14-15,17,21-22H,5,11-13,16H2,1-4H3/t17-,21+,22+/m0/s1. The summed E-state index contributed by atoms with van der Waals surface area (Å²) in [5.41, 5.74) is 2.91. The number of methoxy groups -OCH3 is 2. The SMILES string of the molecule is CCOC(=O)[C@@H](CCc1ccccc1)N1C(=O)[C@H]2Cc3cc(OC)c(OC)cc3CN2C(=O)[C@@H]1C. The summed E-state index contributed by atoms with van der Waals surface area (Å²) in [6.07, 6.45) is 1.31. The molecule has 0 spiro atoms. The highest BCUT2D eigenvalue weighted by atomic mass is 16.5. The number of benzene rings is 2. The van der Waals surface area contributed by atoms with E-state index in [0.29, 0.717) is 37.3 Å². The number of carbonyl (C=O) groups is 3. The van der Waals surface area contributed by atoms with Gasteiger partial charge in [-0.25, -0.2) is 4.79 Å². The predicted octanol–water partition coefficient (Wildman–Crippen LogP) is 2.75. The lowest BCUT2D eigenvalue weighted by atomic mass is 9.88. The average Bonchev–Trinajstić information content (AvgIpc) is 2.88. The molecule has 0 N–H and O–H groups in total. The van der Waals surface area contributed by atoms with Crippen molar-refractivity contribution in [2.24, 2.45) is 0 Å². The summed E-state index contributed by atoms with van der Waals surface area (Å²) in [4.78, 5) is 43.4. The minimum absolute atomic E-state index is 0.177. The van der Waals surface area contributed by atoms with Gasteiger partial charge in [0.25, 0.3) is 0 Å². The number of aryl methyl sites for hydroxylation is 1. The summed E-state index contributed by atoms with van der Waals surface area (Å²) in [5, 5.41) is 0. The van der Waals surface area contributed by atoms with E-state index in [1.807, 2.05) is 42.5 Å². The molecule has 1 fully saturated rings. The van der Waals surface area contributed by atoms with Crippen LogP contribution in [0.25, 0.3) is 0 Å². The van der Waals surface area contributed by atoms with E-state index in [2.05, 4.69) is 0 Å². The van der Waals surface area contributed by atoms with E-state index >= 15 is 0 Å². The molecule has 2 heterocycles. The molecule has 4 rings (SSSR count). The number of esters is 1. The molecule has 8 nitrogen and oxygen atoms in total. The average molecular weight is 481 g/mol. The van der Waals surface area contributed by atoms with Gasteiger partial charge in [0.05, 0.1) is 20.8 Å². The maximum atomic E-state index is 13.8. The Kier molecular flexibility index (Phi) is 7.28. The second kappa shape index (κ2) is 10.4. The highest BCUT2D eigenvalue weighted by molar-refractivity contribution is 5.99. The zero-order valence-electron chi connectivity index (χ0n) is 20.7. The molecule has 186 valence electrons. The van der Waals surface area contributed by atoms with E-state index in [-0.39, 0.29) is 18.4 Å². The van der Waals surface area contributed by atoms with Gasteiger partial charge < -0.3 is 24.0 Å². The molecule has 8 heteroatoms. The number of amides is 2.